The number of ether oxygens (including phenoxy) is 3. The molecule has 19 heavy (non-hydrogen) atoms. The quantitative estimate of drug-likeness (QED) is 0.897. The summed E-state index contributed by atoms with van der Waals surface area (Å²) in [6.07, 6.45) is 0. The predicted octanol–water partition coefficient (Wildman–Crippen LogP) is 2.99. The largest absolute Gasteiger partial charge is 0.496 e. The molecule has 0 aromatic heterocycles. The van der Waals surface area contributed by atoms with Gasteiger partial charge in [0.1, 0.15) is 23.0 Å². The van der Waals surface area contributed by atoms with Gasteiger partial charge in [-0.15, -0.1) is 0 Å². The summed E-state index contributed by atoms with van der Waals surface area (Å²) >= 11 is 0. The number of aliphatic hydroxyl groups excluding tert-OH is 1. The van der Waals surface area contributed by atoms with Crippen LogP contribution in [0.2, 0.25) is 0 Å². The van der Waals surface area contributed by atoms with E-state index < -0.39 is 0 Å². The molecule has 0 bridgehead atoms. The maximum Gasteiger partial charge on any atom is 0.134 e. The van der Waals surface area contributed by atoms with E-state index in [0.717, 1.165) is 5.56 Å². The summed E-state index contributed by atoms with van der Waals surface area (Å²) in [7, 11) is 3.17. The van der Waals surface area contributed by atoms with Crippen LogP contribution in [0.4, 0.5) is 0 Å². The Morgan fingerprint density at radius 3 is 2.05 bits per heavy atom. The summed E-state index contributed by atoms with van der Waals surface area (Å²) in [6, 6.07) is 12.6. The molecule has 2 aromatic rings. The van der Waals surface area contributed by atoms with E-state index in [0.29, 0.717) is 23.0 Å². The topological polar surface area (TPSA) is 47.9 Å². The minimum Gasteiger partial charge on any atom is -0.496 e. The van der Waals surface area contributed by atoms with Crippen LogP contribution in [0.15, 0.2) is 42.5 Å². The second-order valence-electron chi connectivity index (χ2n) is 3.92. The summed E-state index contributed by atoms with van der Waals surface area (Å²) in [5.41, 5.74) is 0.726. The van der Waals surface area contributed by atoms with Crippen LogP contribution in [0.1, 0.15) is 5.56 Å². The van der Waals surface area contributed by atoms with E-state index >= 15 is 0 Å². The third kappa shape index (κ3) is 3.17. The summed E-state index contributed by atoms with van der Waals surface area (Å²) in [5, 5.41) is 9.27. The Kier molecular flexibility index (Phi) is 4.26. The molecule has 0 saturated heterocycles. The number of hydrogen-bond donors (Lipinski definition) is 1. The van der Waals surface area contributed by atoms with Gasteiger partial charge >= 0.3 is 0 Å². The van der Waals surface area contributed by atoms with Gasteiger partial charge in [-0.05, 0) is 6.07 Å². The second-order valence-corrected chi connectivity index (χ2v) is 3.92. The fourth-order valence-electron chi connectivity index (χ4n) is 1.70. The average molecular weight is 260 g/mol. The lowest BCUT2D eigenvalue weighted by Crippen LogP contribution is -1.93. The van der Waals surface area contributed by atoms with Crippen LogP contribution < -0.4 is 14.2 Å². The molecule has 0 aliphatic rings. The molecule has 0 fully saturated rings. The zero-order chi connectivity index (χ0) is 13.7. The van der Waals surface area contributed by atoms with Gasteiger partial charge < -0.3 is 19.3 Å². The lowest BCUT2D eigenvalue weighted by molar-refractivity contribution is 0.276. The van der Waals surface area contributed by atoms with Crippen molar-refractivity contribution in [2.24, 2.45) is 0 Å². The van der Waals surface area contributed by atoms with Gasteiger partial charge in [0.05, 0.1) is 20.8 Å². The summed E-state index contributed by atoms with van der Waals surface area (Å²) in [5.74, 6) is 2.50. The summed E-state index contributed by atoms with van der Waals surface area (Å²) < 4.78 is 16.1. The smallest absolute Gasteiger partial charge is 0.134 e. The molecule has 100 valence electrons. The molecule has 2 rings (SSSR count). The molecule has 0 atom stereocenters. The van der Waals surface area contributed by atoms with E-state index in [9.17, 15) is 5.11 Å². The molecule has 0 aliphatic heterocycles. The molecule has 0 saturated carbocycles. The number of hydrogen-bond acceptors (Lipinski definition) is 4. The van der Waals surface area contributed by atoms with Crippen molar-refractivity contribution in [3.8, 4) is 23.0 Å². The zero-order valence-corrected chi connectivity index (χ0v) is 10.9. The maximum absolute atomic E-state index is 9.27. The van der Waals surface area contributed by atoms with Gasteiger partial charge in [0.25, 0.3) is 0 Å². The number of aliphatic hydroxyl groups is 1. The van der Waals surface area contributed by atoms with E-state index in [1.807, 2.05) is 18.2 Å². The van der Waals surface area contributed by atoms with Crippen molar-refractivity contribution in [1.82, 2.24) is 0 Å². The van der Waals surface area contributed by atoms with Crippen molar-refractivity contribution >= 4 is 0 Å². The van der Waals surface area contributed by atoms with Gasteiger partial charge in [0.2, 0.25) is 0 Å². The lowest BCUT2D eigenvalue weighted by Gasteiger charge is -2.12. The number of para-hydroxylation sites is 1. The minimum absolute atomic E-state index is 0.0721. The molecule has 1 N–H and O–H groups in total. The summed E-state index contributed by atoms with van der Waals surface area (Å²) in [4.78, 5) is 0. The normalized spacial score (nSPS) is 10.1. The minimum atomic E-state index is -0.0721. The monoisotopic (exact) mass is 260 g/mol. The van der Waals surface area contributed by atoms with Crippen LogP contribution in [0.25, 0.3) is 0 Å². The molecular weight excluding hydrogens is 244 g/mol. The van der Waals surface area contributed by atoms with Crippen LogP contribution in [-0.4, -0.2) is 19.3 Å². The van der Waals surface area contributed by atoms with Gasteiger partial charge in [0, 0.05) is 23.8 Å². The SMILES string of the molecule is COc1cc(OC)cc(Oc2ccccc2CO)c1. The van der Waals surface area contributed by atoms with Crippen molar-refractivity contribution in [3.05, 3.63) is 48.0 Å². The molecule has 0 amide bonds. The van der Waals surface area contributed by atoms with Crippen LogP contribution >= 0.6 is 0 Å². The number of methoxy groups -OCH3 is 2. The first kappa shape index (κ1) is 13.2. The van der Waals surface area contributed by atoms with Crippen molar-refractivity contribution in [2.45, 2.75) is 6.61 Å². The molecule has 0 spiro atoms. The van der Waals surface area contributed by atoms with Gasteiger partial charge in [0.15, 0.2) is 0 Å². The fourth-order valence-corrected chi connectivity index (χ4v) is 1.70. The van der Waals surface area contributed by atoms with Crippen LogP contribution in [0.3, 0.4) is 0 Å². The standard InChI is InChI=1S/C15H16O4/c1-17-12-7-13(18-2)9-14(8-12)19-15-6-4-3-5-11(15)10-16/h3-9,16H,10H2,1-2H3. The van der Waals surface area contributed by atoms with Crippen molar-refractivity contribution in [3.63, 3.8) is 0 Å². The van der Waals surface area contributed by atoms with Gasteiger partial charge in [-0.2, -0.15) is 0 Å². The zero-order valence-electron chi connectivity index (χ0n) is 10.9. The van der Waals surface area contributed by atoms with E-state index in [1.54, 1.807) is 38.5 Å². The maximum atomic E-state index is 9.27. The highest BCUT2D eigenvalue weighted by Gasteiger charge is 2.06. The highest BCUT2D eigenvalue weighted by atomic mass is 16.5. The van der Waals surface area contributed by atoms with Crippen LogP contribution in [0.5, 0.6) is 23.0 Å². The first-order valence-electron chi connectivity index (χ1n) is 5.86. The number of rotatable bonds is 5. The molecule has 0 aliphatic carbocycles. The molecule has 4 heteroatoms. The Balaban J connectivity index is 2.32. The third-order valence-corrected chi connectivity index (χ3v) is 2.70. The van der Waals surface area contributed by atoms with E-state index in [4.69, 9.17) is 14.2 Å². The fraction of sp³-hybridized carbons (Fsp3) is 0.200. The highest BCUT2D eigenvalue weighted by Crippen LogP contribution is 2.32. The van der Waals surface area contributed by atoms with Gasteiger partial charge in [-0.3, -0.25) is 0 Å². The Labute approximate surface area is 112 Å². The number of benzene rings is 2. The second kappa shape index (κ2) is 6.11. The van der Waals surface area contributed by atoms with Crippen molar-refractivity contribution in [2.75, 3.05) is 14.2 Å². The molecule has 0 heterocycles. The van der Waals surface area contributed by atoms with E-state index in [2.05, 4.69) is 0 Å². The van der Waals surface area contributed by atoms with Gasteiger partial charge in [-0.25, -0.2) is 0 Å². The molecule has 4 nitrogen and oxygen atoms in total. The summed E-state index contributed by atoms with van der Waals surface area (Å²) in [6.45, 7) is -0.0721. The van der Waals surface area contributed by atoms with Crippen molar-refractivity contribution in [1.29, 1.82) is 0 Å². The van der Waals surface area contributed by atoms with E-state index in [1.165, 1.54) is 0 Å². The Bertz CT molecular complexity index is 529. The Hall–Kier alpha value is -2.20. The third-order valence-electron chi connectivity index (χ3n) is 2.70. The first-order valence-corrected chi connectivity index (χ1v) is 5.86. The molecule has 2 aromatic carbocycles. The average Bonchev–Trinajstić information content (AvgIpc) is 2.47. The lowest BCUT2D eigenvalue weighted by atomic mass is 10.2. The Morgan fingerprint density at radius 2 is 1.47 bits per heavy atom. The molecular formula is C15H16O4. The molecule has 0 unspecified atom stereocenters. The van der Waals surface area contributed by atoms with Crippen molar-refractivity contribution < 1.29 is 19.3 Å². The van der Waals surface area contributed by atoms with Crippen LogP contribution in [-0.2, 0) is 6.61 Å². The highest BCUT2D eigenvalue weighted by molar-refractivity contribution is 5.45. The first-order chi connectivity index (χ1) is 9.26. The van der Waals surface area contributed by atoms with Gasteiger partial charge in [-0.1, -0.05) is 18.2 Å². The molecule has 0 radical (unpaired) electrons. The van der Waals surface area contributed by atoms with E-state index in [-0.39, 0.29) is 6.61 Å². The Morgan fingerprint density at radius 1 is 0.895 bits per heavy atom. The predicted molar refractivity (Wildman–Crippen MR) is 72.0 cm³/mol. The van der Waals surface area contributed by atoms with Crippen LogP contribution in [0, 0.1) is 0 Å².